The minimum atomic E-state index is -3.80. The van der Waals surface area contributed by atoms with Crippen molar-refractivity contribution in [1.82, 2.24) is 10.2 Å². The number of nitrogens with zero attached hydrogens (tertiary/aromatic N) is 3. The molecule has 0 fully saturated rings. The van der Waals surface area contributed by atoms with Crippen LogP contribution in [0.4, 0.5) is 10.8 Å². The monoisotopic (exact) mass is 352 g/mol. The van der Waals surface area contributed by atoms with Crippen LogP contribution in [0.1, 0.15) is 25.8 Å². The Kier molecular flexibility index (Phi) is 4.07. The Labute approximate surface area is 138 Å². The van der Waals surface area contributed by atoms with Crippen LogP contribution < -0.4 is 9.62 Å². The fourth-order valence-corrected chi connectivity index (χ4v) is 5.25. The fourth-order valence-electron chi connectivity index (χ4n) is 2.56. The quantitative estimate of drug-likeness (QED) is 0.850. The van der Waals surface area contributed by atoms with Gasteiger partial charge in [0.05, 0.1) is 5.69 Å². The number of rotatable bonds is 4. The van der Waals surface area contributed by atoms with Gasteiger partial charge in [-0.1, -0.05) is 36.5 Å². The minimum absolute atomic E-state index is 0.118. The van der Waals surface area contributed by atoms with Crippen LogP contribution in [0.3, 0.4) is 0 Å². The summed E-state index contributed by atoms with van der Waals surface area (Å²) < 4.78 is 27.1. The van der Waals surface area contributed by atoms with E-state index in [1.807, 2.05) is 25.1 Å². The molecule has 1 aromatic carbocycles. The van der Waals surface area contributed by atoms with Gasteiger partial charge in [-0.25, -0.2) is 0 Å². The third-order valence-electron chi connectivity index (χ3n) is 3.60. The number of hydrogen-bond donors (Lipinski definition) is 1. The molecule has 3 rings (SSSR count). The second-order valence-corrected chi connectivity index (χ2v) is 8.22. The van der Waals surface area contributed by atoms with Gasteiger partial charge in [0.1, 0.15) is 0 Å². The average molecular weight is 352 g/mol. The van der Waals surface area contributed by atoms with Crippen molar-refractivity contribution in [2.24, 2.45) is 0 Å². The Morgan fingerprint density at radius 1 is 1.39 bits per heavy atom. The standard InChI is InChI=1S/C14H16N4O3S2/c1-3-12(19)15-13-16-17-14(22-13)23(20,21)18-9(2)8-10-6-4-5-7-11(10)18/h4-7,9H,3,8H2,1-2H3,(H,15,16,19)/t9-/m0/s1. The van der Waals surface area contributed by atoms with E-state index in [9.17, 15) is 13.2 Å². The SMILES string of the molecule is CCC(=O)Nc1nnc(S(=O)(=O)N2c3ccccc3C[C@@H]2C)s1. The van der Waals surface area contributed by atoms with Crippen LogP contribution in [0.2, 0.25) is 0 Å². The van der Waals surface area contributed by atoms with E-state index in [1.165, 1.54) is 4.31 Å². The summed E-state index contributed by atoms with van der Waals surface area (Å²) in [5.41, 5.74) is 1.67. The molecule has 2 heterocycles. The van der Waals surface area contributed by atoms with Gasteiger partial charge in [0.15, 0.2) is 0 Å². The summed E-state index contributed by atoms with van der Waals surface area (Å²) in [5, 5.41) is 10.2. The lowest BCUT2D eigenvalue weighted by molar-refractivity contribution is -0.115. The molecule has 1 atom stereocenters. The largest absolute Gasteiger partial charge is 0.301 e. The van der Waals surface area contributed by atoms with E-state index in [1.54, 1.807) is 13.0 Å². The molecular weight excluding hydrogens is 336 g/mol. The lowest BCUT2D eigenvalue weighted by Crippen LogP contribution is -2.35. The zero-order chi connectivity index (χ0) is 16.6. The number of aromatic nitrogens is 2. The molecule has 0 radical (unpaired) electrons. The molecule has 2 aromatic rings. The highest BCUT2D eigenvalue weighted by Crippen LogP contribution is 2.37. The van der Waals surface area contributed by atoms with Crippen molar-refractivity contribution in [1.29, 1.82) is 0 Å². The normalized spacial score (nSPS) is 17.1. The molecule has 0 unspecified atom stereocenters. The molecule has 23 heavy (non-hydrogen) atoms. The van der Waals surface area contributed by atoms with Crippen molar-refractivity contribution in [2.75, 3.05) is 9.62 Å². The van der Waals surface area contributed by atoms with Gasteiger partial charge in [-0.3, -0.25) is 9.10 Å². The number of hydrogen-bond acceptors (Lipinski definition) is 6. The van der Waals surface area contributed by atoms with Gasteiger partial charge in [-0.2, -0.15) is 8.42 Å². The highest BCUT2D eigenvalue weighted by atomic mass is 32.2. The Bertz CT molecular complexity index is 847. The van der Waals surface area contributed by atoms with Crippen molar-refractivity contribution in [2.45, 2.75) is 37.1 Å². The third kappa shape index (κ3) is 2.81. The summed E-state index contributed by atoms with van der Waals surface area (Å²) in [6, 6.07) is 7.23. The summed E-state index contributed by atoms with van der Waals surface area (Å²) in [4.78, 5) is 11.4. The van der Waals surface area contributed by atoms with Gasteiger partial charge in [-0.15, -0.1) is 10.2 Å². The summed E-state index contributed by atoms with van der Waals surface area (Å²) in [6.45, 7) is 3.56. The van der Waals surface area contributed by atoms with Crippen LogP contribution in [0.15, 0.2) is 28.6 Å². The van der Waals surface area contributed by atoms with Gasteiger partial charge in [-0.05, 0) is 25.0 Å². The van der Waals surface area contributed by atoms with E-state index < -0.39 is 10.0 Å². The molecule has 1 aromatic heterocycles. The smallest absolute Gasteiger partial charge is 0.293 e. The first-order valence-electron chi connectivity index (χ1n) is 7.19. The molecule has 1 N–H and O–H groups in total. The zero-order valence-electron chi connectivity index (χ0n) is 12.7. The number of carbonyl (C=O) groups excluding carboxylic acids is 1. The maximum absolute atomic E-state index is 12.9. The molecule has 1 aliphatic heterocycles. The van der Waals surface area contributed by atoms with Gasteiger partial charge >= 0.3 is 0 Å². The van der Waals surface area contributed by atoms with Crippen LogP contribution in [0.5, 0.6) is 0 Å². The summed E-state index contributed by atoms with van der Waals surface area (Å²) in [7, 11) is -3.80. The number of para-hydroxylation sites is 1. The molecule has 1 aliphatic rings. The molecule has 0 saturated carbocycles. The number of sulfonamides is 1. The van der Waals surface area contributed by atoms with Crippen LogP contribution >= 0.6 is 11.3 Å². The first-order valence-corrected chi connectivity index (χ1v) is 9.45. The van der Waals surface area contributed by atoms with Crippen LogP contribution in [0, 0.1) is 0 Å². The molecule has 7 nitrogen and oxygen atoms in total. The Hall–Kier alpha value is -2.00. The van der Waals surface area contributed by atoms with Crippen molar-refractivity contribution in [3.05, 3.63) is 29.8 Å². The van der Waals surface area contributed by atoms with Gasteiger partial charge in [0.2, 0.25) is 11.0 Å². The highest BCUT2D eigenvalue weighted by molar-refractivity contribution is 7.94. The zero-order valence-corrected chi connectivity index (χ0v) is 14.3. The van der Waals surface area contributed by atoms with Crippen molar-refractivity contribution in [3.8, 4) is 0 Å². The molecular formula is C14H16N4O3S2. The maximum atomic E-state index is 12.9. The molecule has 1 amide bonds. The second kappa shape index (κ2) is 5.89. The highest BCUT2D eigenvalue weighted by Gasteiger charge is 2.38. The minimum Gasteiger partial charge on any atom is -0.301 e. The Morgan fingerprint density at radius 3 is 2.87 bits per heavy atom. The topological polar surface area (TPSA) is 92.3 Å². The number of benzene rings is 1. The lowest BCUT2D eigenvalue weighted by atomic mass is 10.1. The predicted octanol–water partition coefficient (Wildman–Crippen LogP) is 2.03. The number of fused-ring (bicyclic) bond motifs is 1. The number of anilines is 2. The molecule has 0 saturated heterocycles. The molecule has 122 valence electrons. The van der Waals surface area contributed by atoms with E-state index in [0.717, 1.165) is 16.9 Å². The second-order valence-electron chi connectivity index (χ2n) is 5.26. The van der Waals surface area contributed by atoms with E-state index in [2.05, 4.69) is 15.5 Å². The Morgan fingerprint density at radius 2 is 2.13 bits per heavy atom. The lowest BCUT2D eigenvalue weighted by Gasteiger charge is -2.22. The number of amides is 1. The first kappa shape index (κ1) is 15.9. The van der Waals surface area contributed by atoms with Gasteiger partial charge < -0.3 is 5.32 Å². The van der Waals surface area contributed by atoms with Crippen LogP contribution in [0.25, 0.3) is 0 Å². The van der Waals surface area contributed by atoms with E-state index in [0.29, 0.717) is 12.1 Å². The van der Waals surface area contributed by atoms with Gasteiger partial charge in [0, 0.05) is 12.5 Å². The van der Waals surface area contributed by atoms with Crippen LogP contribution in [-0.2, 0) is 21.2 Å². The third-order valence-corrected chi connectivity index (χ3v) is 6.71. The Balaban J connectivity index is 1.95. The van der Waals surface area contributed by atoms with Crippen LogP contribution in [-0.4, -0.2) is 30.6 Å². The fraction of sp³-hybridized carbons (Fsp3) is 0.357. The van der Waals surface area contributed by atoms with Crippen molar-refractivity contribution >= 4 is 38.1 Å². The first-order chi connectivity index (χ1) is 10.9. The summed E-state index contributed by atoms with van der Waals surface area (Å²) in [6.07, 6.45) is 0.950. The number of nitrogens with one attached hydrogen (secondary N) is 1. The number of carbonyl (C=O) groups is 1. The molecule has 0 spiro atoms. The average Bonchev–Trinajstić information content (AvgIpc) is 3.10. The maximum Gasteiger partial charge on any atom is 0.293 e. The predicted molar refractivity (Wildman–Crippen MR) is 88.1 cm³/mol. The molecule has 0 bridgehead atoms. The van der Waals surface area contributed by atoms with E-state index >= 15 is 0 Å². The molecule has 0 aliphatic carbocycles. The van der Waals surface area contributed by atoms with Gasteiger partial charge in [0.25, 0.3) is 14.4 Å². The van der Waals surface area contributed by atoms with Crippen molar-refractivity contribution < 1.29 is 13.2 Å². The summed E-state index contributed by atoms with van der Waals surface area (Å²) in [5.74, 6) is -0.231. The molecule has 9 heteroatoms. The van der Waals surface area contributed by atoms with Crippen molar-refractivity contribution in [3.63, 3.8) is 0 Å². The summed E-state index contributed by atoms with van der Waals surface area (Å²) >= 11 is 0.863. The van der Waals surface area contributed by atoms with E-state index in [-0.39, 0.29) is 27.8 Å². The van der Waals surface area contributed by atoms with E-state index in [4.69, 9.17) is 0 Å².